The van der Waals surface area contributed by atoms with Crippen LogP contribution in [0.25, 0.3) is 0 Å². The minimum absolute atomic E-state index is 0.351. The number of aromatic hydroxyl groups is 1. The van der Waals surface area contributed by atoms with Gasteiger partial charge < -0.3 is 9.84 Å². The molecule has 3 heteroatoms. The summed E-state index contributed by atoms with van der Waals surface area (Å²) in [7, 11) is 1.80. The monoisotopic (exact) mass is 412 g/mol. The maximum Gasteiger partial charge on any atom is 0.123 e. The average molecular weight is 413 g/mol. The fourth-order valence-corrected chi connectivity index (χ4v) is 5.70. The number of hydrogen-bond acceptors (Lipinski definition) is 3. The molecule has 0 heterocycles. The molecule has 0 atom stereocenters. The molecule has 4 rings (SSSR count). The van der Waals surface area contributed by atoms with E-state index in [1.54, 1.807) is 19.2 Å². The van der Waals surface area contributed by atoms with Gasteiger partial charge in [-0.3, -0.25) is 0 Å². The van der Waals surface area contributed by atoms with Gasteiger partial charge in [-0.05, 0) is 106 Å². The van der Waals surface area contributed by atoms with Crippen molar-refractivity contribution in [3.8, 4) is 5.75 Å². The highest BCUT2D eigenvalue weighted by atomic mass is 16.5. The lowest BCUT2D eigenvalue weighted by Crippen LogP contribution is -2.23. The molecule has 3 aliphatic carbocycles. The van der Waals surface area contributed by atoms with Gasteiger partial charge in [0, 0.05) is 12.7 Å². The SMILES string of the molecule is CC1CCC(C2CCC(=C=O)CC2)CC1.COC1CCC(c2ccc(O)cc2)CC1. The summed E-state index contributed by atoms with van der Waals surface area (Å²) >= 11 is 0. The molecule has 0 aromatic heterocycles. The zero-order chi connectivity index (χ0) is 21.3. The standard InChI is InChI=1S/C14H22O.C13H18O2/c1-11-2-6-13(7-3-11)14-8-4-12(10-15)5-9-14;1-15-13-8-4-11(5-9-13)10-2-6-12(14)7-3-10/h11,13-14H,2-9H2,1H3;2-3,6-7,11,13-14H,4-5,8-9H2,1H3. The van der Waals surface area contributed by atoms with Crippen LogP contribution < -0.4 is 0 Å². The molecule has 0 unspecified atom stereocenters. The van der Waals surface area contributed by atoms with E-state index < -0.39 is 0 Å². The smallest absolute Gasteiger partial charge is 0.123 e. The van der Waals surface area contributed by atoms with Gasteiger partial charge in [-0.15, -0.1) is 0 Å². The molecular formula is C27H40O3. The number of carbonyl (C=O) groups excluding carboxylic acids is 1. The van der Waals surface area contributed by atoms with Crippen molar-refractivity contribution in [1.82, 2.24) is 0 Å². The summed E-state index contributed by atoms with van der Waals surface area (Å²) in [5.74, 6) is 5.93. The Morgan fingerprint density at radius 3 is 1.93 bits per heavy atom. The quantitative estimate of drug-likeness (QED) is 0.554. The molecule has 1 aromatic rings. The number of phenols is 1. The van der Waals surface area contributed by atoms with Crippen molar-refractivity contribution in [1.29, 1.82) is 0 Å². The summed E-state index contributed by atoms with van der Waals surface area (Å²) in [6.45, 7) is 2.38. The van der Waals surface area contributed by atoms with Gasteiger partial charge >= 0.3 is 0 Å². The van der Waals surface area contributed by atoms with Gasteiger partial charge in [0.1, 0.15) is 11.7 Å². The fourth-order valence-electron chi connectivity index (χ4n) is 5.70. The van der Waals surface area contributed by atoms with E-state index in [1.807, 2.05) is 12.1 Å². The number of hydrogen-bond donors (Lipinski definition) is 1. The van der Waals surface area contributed by atoms with E-state index >= 15 is 0 Å². The Kier molecular flexibility index (Phi) is 9.03. The largest absolute Gasteiger partial charge is 0.508 e. The van der Waals surface area contributed by atoms with Crippen molar-refractivity contribution in [2.75, 3.05) is 7.11 Å². The summed E-state index contributed by atoms with van der Waals surface area (Å²) in [5.41, 5.74) is 2.39. The van der Waals surface area contributed by atoms with Gasteiger partial charge in [-0.2, -0.15) is 0 Å². The number of benzene rings is 1. The highest BCUT2D eigenvalue weighted by molar-refractivity contribution is 5.52. The Balaban J connectivity index is 0.000000171. The predicted octanol–water partition coefficient (Wildman–Crippen LogP) is 6.83. The zero-order valence-corrected chi connectivity index (χ0v) is 18.9. The topological polar surface area (TPSA) is 46.5 Å². The Bertz CT molecular complexity index is 663. The molecular weight excluding hydrogens is 372 g/mol. The highest BCUT2D eigenvalue weighted by Crippen LogP contribution is 2.40. The van der Waals surface area contributed by atoms with Crippen LogP contribution in [0, 0.1) is 17.8 Å². The molecule has 0 saturated heterocycles. The van der Waals surface area contributed by atoms with Crippen molar-refractivity contribution in [2.24, 2.45) is 17.8 Å². The van der Waals surface area contributed by atoms with Crippen LogP contribution in [0.2, 0.25) is 0 Å². The second-order valence-electron chi connectivity index (χ2n) is 9.86. The summed E-state index contributed by atoms with van der Waals surface area (Å²) in [6, 6.07) is 7.62. The van der Waals surface area contributed by atoms with E-state index in [2.05, 4.69) is 12.9 Å². The molecule has 0 spiro atoms. The second kappa shape index (κ2) is 11.7. The first-order valence-electron chi connectivity index (χ1n) is 12.1. The maximum absolute atomic E-state index is 10.5. The lowest BCUT2D eigenvalue weighted by atomic mass is 9.71. The van der Waals surface area contributed by atoms with Crippen LogP contribution in [0.15, 0.2) is 29.8 Å². The first-order chi connectivity index (χ1) is 14.6. The molecule has 1 N–H and O–H groups in total. The van der Waals surface area contributed by atoms with Crippen molar-refractivity contribution in [3.63, 3.8) is 0 Å². The third-order valence-corrected chi connectivity index (χ3v) is 7.88. The first kappa shape index (κ1) is 23.1. The van der Waals surface area contributed by atoms with Crippen LogP contribution in [-0.4, -0.2) is 24.3 Å². The molecule has 0 amide bonds. The van der Waals surface area contributed by atoms with Crippen molar-refractivity contribution in [2.45, 2.75) is 96.0 Å². The Hall–Kier alpha value is -1.57. The second-order valence-corrected chi connectivity index (χ2v) is 9.86. The first-order valence-corrected chi connectivity index (χ1v) is 12.1. The van der Waals surface area contributed by atoms with Crippen LogP contribution in [0.1, 0.15) is 95.5 Å². The maximum atomic E-state index is 10.5. The van der Waals surface area contributed by atoms with E-state index in [1.165, 1.54) is 56.9 Å². The average Bonchev–Trinajstić information content (AvgIpc) is 2.81. The Labute approximate surface area is 182 Å². The summed E-state index contributed by atoms with van der Waals surface area (Å²) in [5, 5.41) is 9.22. The molecule has 0 aliphatic heterocycles. The number of rotatable bonds is 3. The molecule has 0 bridgehead atoms. The molecule has 30 heavy (non-hydrogen) atoms. The van der Waals surface area contributed by atoms with Gasteiger partial charge in [0.25, 0.3) is 0 Å². The van der Waals surface area contributed by atoms with Crippen LogP contribution in [0.3, 0.4) is 0 Å². The van der Waals surface area contributed by atoms with Gasteiger partial charge in [-0.25, -0.2) is 4.79 Å². The molecule has 166 valence electrons. The molecule has 3 saturated carbocycles. The summed E-state index contributed by atoms with van der Waals surface area (Å²) < 4.78 is 5.35. The third kappa shape index (κ3) is 6.72. The zero-order valence-electron chi connectivity index (χ0n) is 18.9. The predicted molar refractivity (Wildman–Crippen MR) is 122 cm³/mol. The van der Waals surface area contributed by atoms with E-state index in [4.69, 9.17) is 4.74 Å². The van der Waals surface area contributed by atoms with Crippen LogP contribution >= 0.6 is 0 Å². The third-order valence-electron chi connectivity index (χ3n) is 7.88. The van der Waals surface area contributed by atoms with Crippen molar-refractivity contribution in [3.05, 3.63) is 35.4 Å². The molecule has 1 aromatic carbocycles. The molecule has 3 fully saturated rings. The Morgan fingerprint density at radius 2 is 1.40 bits per heavy atom. The van der Waals surface area contributed by atoms with Crippen molar-refractivity contribution < 1.29 is 14.6 Å². The van der Waals surface area contributed by atoms with Gasteiger partial charge in [0.05, 0.1) is 6.10 Å². The summed E-state index contributed by atoms with van der Waals surface area (Å²) in [4.78, 5) is 10.5. The summed E-state index contributed by atoms with van der Waals surface area (Å²) in [6.07, 6.45) is 15.5. The fraction of sp³-hybridized carbons (Fsp3) is 0.704. The lowest BCUT2D eigenvalue weighted by Gasteiger charge is -2.35. The van der Waals surface area contributed by atoms with E-state index in [0.29, 0.717) is 17.8 Å². The molecule has 3 aliphatic rings. The lowest BCUT2D eigenvalue weighted by molar-refractivity contribution is 0.0658. The number of phenolic OH excluding ortho intramolecular Hbond substituents is 1. The number of methoxy groups -OCH3 is 1. The van der Waals surface area contributed by atoms with Gasteiger partial charge in [0.15, 0.2) is 0 Å². The van der Waals surface area contributed by atoms with E-state index in [0.717, 1.165) is 49.0 Å². The molecule has 3 nitrogen and oxygen atoms in total. The van der Waals surface area contributed by atoms with Crippen LogP contribution in [0.4, 0.5) is 0 Å². The molecule has 0 radical (unpaired) electrons. The van der Waals surface area contributed by atoms with Gasteiger partial charge in [-0.1, -0.05) is 31.9 Å². The van der Waals surface area contributed by atoms with Crippen LogP contribution in [0.5, 0.6) is 5.75 Å². The number of allylic oxidation sites excluding steroid dienone is 1. The minimum Gasteiger partial charge on any atom is -0.508 e. The minimum atomic E-state index is 0.351. The van der Waals surface area contributed by atoms with Gasteiger partial charge in [0.2, 0.25) is 0 Å². The Morgan fingerprint density at radius 1 is 0.833 bits per heavy atom. The highest BCUT2D eigenvalue weighted by Gasteiger charge is 2.28. The van der Waals surface area contributed by atoms with E-state index in [-0.39, 0.29) is 0 Å². The van der Waals surface area contributed by atoms with Crippen LogP contribution in [-0.2, 0) is 9.53 Å². The van der Waals surface area contributed by atoms with Crippen molar-refractivity contribution >= 4 is 5.94 Å². The normalized spacial score (nSPS) is 31.9. The van der Waals surface area contributed by atoms with E-state index in [9.17, 15) is 9.90 Å². The number of ether oxygens (including phenoxy) is 1.